The van der Waals surface area contributed by atoms with E-state index in [1.165, 1.54) is 18.0 Å². The number of rotatable bonds is 3. The molecule has 1 saturated heterocycles. The van der Waals surface area contributed by atoms with Gasteiger partial charge in [-0.1, -0.05) is 29.6 Å². The third kappa shape index (κ3) is 4.09. The van der Waals surface area contributed by atoms with E-state index >= 15 is 0 Å². The van der Waals surface area contributed by atoms with E-state index in [4.69, 9.17) is 5.73 Å². The molecule has 0 bridgehead atoms. The predicted molar refractivity (Wildman–Crippen MR) is 69.4 cm³/mol. The Hall–Kier alpha value is -0.620. The maximum Gasteiger partial charge on any atom is 0.280 e. The normalized spacial score (nSPS) is 21.6. The van der Waals surface area contributed by atoms with Gasteiger partial charge in [0, 0.05) is 10.5 Å². The number of carbonyl (C=O) groups excluding carboxylic acids is 2. The van der Waals surface area contributed by atoms with Gasteiger partial charge in [-0.3, -0.25) is 9.59 Å². The Labute approximate surface area is 104 Å². The lowest BCUT2D eigenvalue weighted by atomic mass is 10.2. The molecule has 90 valence electrons. The van der Waals surface area contributed by atoms with Crippen LogP contribution in [0.5, 0.6) is 0 Å². The fraction of sp³-hybridized carbons (Fsp3) is 0.600. The zero-order valence-corrected chi connectivity index (χ0v) is 11.0. The highest BCUT2D eigenvalue weighted by Crippen LogP contribution is 2.27. The summed E-state index contributed by atoms with van der Waals surface area (Å²) in [6.45, 7) is 3.79. The molecule has 0 saturated carbocycles. The SMILES string of the molecule is CC(C)(/C=C/N)SC(=O)N[C@@H]1CCSC1=O. The topological polar surface area (TPSA) is 72.2 Å². The predicted octanol–water partition coefficient (Wildman–Crippen LogP) is 1.71. The monoisotopic (exact) mass is 260 g/mol. The first-order valence-electron chi connectivity index (χ1n) is 5.00. The van der Waals surface area contributed by atoms with Gasteiger partial charge in [-0.25, -0.2) is 0 Å². The maximum atomic E-state index is 11.7. The number of nitrogens with two attached hydrogens (primary N) is 1. The highest BCUT2D eigenvalue weighted by molar-refractivity contribution is 8.15. The largest absolute Gasteiger partial charge is 0.405 e. The van der Waals surface area contributed by atoms with Gasteiger partial charge >= 0.3 is 0 Å². The highest BCUT2D eigenvalue weighted by Gasteiger charge is 2.28. The average molecular weight is 260 g/mol. The van der Waals surface area contributed by atoms with Gasteiger partial charge < -0.3 is 11.1 Å². The highest BCUT2D eigenvalue weighted by atomic mass is 32.2. The second kappa shape index (κ2) is 5.63. The summed E-state index contributed by atoms with van der Waals surface area (Å²) in [6.07, 6.45) is 3.91. The molecule has 0 aromatic heterocycles. The van der Waals surface area contributed by atoms with Crippen LogP contribution in [0, 0.1) is 0 Å². The molecule has 1 aliphatic heterocycles. The van der Waals surface area contributed by atoms with Crippen molar-refractivity contribution in [3.8, 4) is 0 Å². The lowest BCUT2D eigenvalue weighted by Crippen LogP contribution is -2.36. The molecule has 4 nitrogen and oxygen atoms in total. The molecule has 0 aliphatic carbocycles. The van der Waals surface area contributed by atoms with Crippen LogP contribution in [0.3, 0.4) is 0 Å². The molecular formula is C10H16N2O2S2. The summed E-state index contributed by atoms with van der Waals surface area (Å²) in [4.78, 5) is 23.0. The Balaban J connectivity index is 2.44. The van der Waals surface area contributed by atoms with Gasteiger partial charge in [0.25, 0.3) is 5.24 Å². The van der Waals surface area contributed by atoms with Crippen LogP contribution >= 0.6 is 23.5 Å². The van der Waals surface area contributed by atoms with Crippen LogP contribution in [-0.4, -0.2) is 26.9 Å². The van der Waals surface area contributed by atoms with Crippen LogP contribution in [0.25, 0.3) is 0 Å². The molecule has 1 heterocycles. The van der Waals surface area contributed by atoms with Crippen LogP contribution in [0.1, 0.15) is 20.3 Å². The Morgan fingerprint density at radius 2 is 2.38 bits per heavy atom. The number of hydrogen-bond donors (Lipinski definition) is 2. The Morgan fingerprint density at radius 3 is 2.88 bits per heavy atom. The first kappa shape index (κ1) is 13.4. The lowest BCUT2D eigenvalue weighted by Gasteiger charge is -2.19. The van der Waals surface area contributed by atoms with Crippen LogP contribution in [0.15, 0.2) is 12.3 Å². The summed E-state index contributed by atoms with van der Waals surface area (Å²) in [5.74, 6) is 0.792. The smallest absolute Gasteiger partial charge is 0.280 e. The van der Waals surface area contributed by atoms with E-state index in [2.05, 4.69) is 5.32 Å². The molecule has 0 unspecified atom stereocenters. The summed E-state index contributed by atoms with van der Waals surface area (Å²) >= 11 is 2.42. The van der Waals surface area contributed by atoms with Crippen molar-refractivity contribution >= 4 is 33.9 Å². The van der Waals surface area contributed by atoms with Gasteiger partial charge in [-0.05, 0) is 26.5 Å². The second-order valence-electron chi connectivity index (χ2n) is 4.01. The first-order chi connectivity index (χ1) is 7.44. The lowest BCUT2D eigenvalue weighted by molar-refractivity contribution is -0.112. The molecule has 1 amide bonds. The van der Waals surface area contributed by atoms with Crippen molar-refractivity contribution in [1.29, 1.82) is 0 Å². The fourth-order valence-corrected chi connectivity index (χ4v) is 3.06. The zero-order chi connectivity index (χ0) is 12.2. The van der Waals surface area contributed by atoms with E-state index in [0.29, 0.717) is 0 Å². The fourth-order valence-electron chi connectivity index (χ4n) is 1.30. The third-order valence-electron chi connectivity index (χ3n) is 2.08. The van der Waals surface area contributed by atoms with Crippen LogP contribution in [0.2, 0.25) is 0 Å². The minimum absolute atomic E-state index is 0.0566. The van der Waals surface area contributed by atoms with Crippen LogP contribution in [0.4, 0.5) is 4.79 Å². The minimum Gasteiger partial charge on any atom is -0.405 e. The number of nitrogens with one attached hydrogen (secondary N) is 1. The van der Waals surface area contributed by atoms with E-state index in [0.717, 1.165) is 23.9 Å². The number of carbonyl (C=O) groups is 2. The summed E-state index contributed by atoms with van der Waals surface area (Å²) in [6, 6.07) is -0.317. The average Bonchev–Trinajstić information content (AvgIpc) is 2.50. The minimum atomic E-state index is -0.354. The summed E-state index contributed by atoms with van der Waals surface area (Å²) in [5, 5.41) is 2.60. The Bertz CT molecular complexity index is 316. The van der Waals surface area contributed by atoms with E-state index < -0.39 is 0 Å². The van der Waals surface area contributed by atoms with Gasteiger partial charge in [0.15, 0.2) is 0 Å². The van der Waals surface area contributed by atoms with Crippen LogP contribution < -0.4 is 11.1 Å². The summed E-state index contributed by atoms with van der Waals surface area (Å²) < 4.78 is -0.354. The molecule has 1 fully saturated rings. The second-order valence-corrected chi connectivity index (χ2v) is 6.73. The Morgan fingerprint density at radius 1 is 1.69 bits per heavy atom. The van der Waals surface area contributed by atoms with Gasteiger partial charge in [-0.15, -0.1) is 0 Å². The molecule has 3 N–H and O–H groups in total. The molecule has 0 aromatic rings. The molecule has 16 heavy (non-hydrogen) atoms. The molecule has 0 radical (unpaired) electrons. The van der Waals surface area contributed by atoms with Crippen LogP contribution in [-0.2, 0) is 4.79 Å². The van der Waals surface area contributed by atoms with E-state index in [1.807, 2.05) is 13.8 Å². The van der Waals surface area contributed by atoms with Gasteiger partial charge in [-0.2, -0.15) is 0 Å². The zero-order valence-electron chi connectivity index (χ0n) is 9.36. The number of thioether (sulfide) groups is 2. The van der Waals surface area contributed by atoms with Gasteiger partial charge in [0.1, 0.15) is 0 Å². The van der Waals surface area contributed by atoms with Gasteiger partial charge in [0.05, 0.1) is 6.04 Å². The summed E-state index contributed by atoms with van der Waals surface area (Å²) in [5.41, 5.74) is 5.29. The van der Waals surface area contributed by atoms with E-state index in [-0.39, 0.29) is 21.1 Å². The number of amides is 1. The van der Waals surface area contributed by atoms with Crippen molar-refractivity contribution in [3.05, 3.63) is 12.3 Å². The summed E-state index contributed by atoms with van der Waals surface area (Å²) in [7, 11) is 0. The third-order valence-corrected chi connectivity index (χ3v) is 4.06. The van der Waals surface area contributed by atoms with Gasteiger partial charge in [0.2, 0.25) is 5.12 Å². The Kier molecular flexibility index (Phi) is 4.73. The van der Waals surface area contributed by atoms with Crippen molar-refractivity contribution < 1.29 is 9.59 Å². The molecule has 0 aromatic carbocycles. The molecular weight excluding hydrogens is 244 g/mol. The number of hydrogen-bond acceptors (Lipinski definition) is 5. The molecule has 6 heteroatoms. The molecule has 0 spiro atoms. The van der Waals surface area contributed by atoms with Crippen molar-refractivity contribution in [3.63, 3.8) is 0 Å². The van der Waals surface area contributed by atoms with Crippen molar-refractivity contribution in [1.82, 2.24) is 5.32 Å². The standard InChI is InChI=1S/C10H16N2O2S2/c1-10(2,4-5-11)16-9(14)12-7-3-6-15-8(7)13/h4-5,7H,3,6,11H2,1-2H3,(H,12,14)/b5-4+/t7-/m1/s1. The van der Waals surface area contributed by atoms with Crippen molar-refractivity contribution in [2.75, 3.05) is 5.75 Å². The van der Waals surface area contributed by atoms with Crippen molar-refractivity contribution in [2.24, 2.45) is 5.73 Å². The van der Waals surface area contributed by atoms with E-state index in [1.54, 1.807) is 6.08 Å². The first-order valence-corrected chi connectivity index (χ1v) is 6.80. The molecule has 1 rings (SSSR count). The molecule has 1 aliphatic rings. The molecule has 1 atom stereocenters. The van der Waals surface area contributed by atoms with E-state index in [9.17, 15) is 9.59 Å². The quantitative estimate of drug-likeness (QED) is 0.808. The maximum absolute atomic E-state index is 11.7. The van der Waals surface area contributed by atoms with Crippen molar-refractivity contribution in [2.45, 2.75) is 31.1 Å².